The van der Waals surface area contributed by atoms with Crippen LogP contribution in [0.5, 0.6) is 0 Å². The molecule has 21 heavy (non-hydrogen) atoms. The molecule has 0 heterocycles. The van der Waals surface area contributed by atoms with Crippen LogP contribution in [-0.2, 0) is 22.8 Å². The SMILES string of the molecule is CC1=C(C)C(C)=C(/[C](C)=[Zr+]/[C]2=C(C)C(C)=C(C)C2(C)C)C1.[H-]. The minimum absolute atomic E-state index is 0. The van der Waals surface area contributed by atoms with Crippen LogP contribution >= 0.6 is 0 Å². The average molecular weight is 362 g/mol. The van der Waals surface area contributed by atoms with Gasteiger partial charge in [0.05, 0.1) is 0 Å². The zero-order valence-electron chi connectivity index (χ0n) is 16.2. The Morgan fingerprint density at radius 3 is 1.86 bits per heavy atom. The van der Waals surface area contributed by atoms with E-state index in [9.17, 15) is 0 Å². The number of rotatable bonds is 2. The van der Waals surface area contributed by atoms with Gasteiger partial charge in [0.2, 0.25) is 0 Å². The van der Waals surface area contributed by atoms with E-state index in [4.69, 9.17) is 0 Å². The molecule has 0 spiro atoms. The summed E-state index contributed by atoms with van der Waals surface area (Å²) >= 11 is -0.668. The molecule has 0 aromatic carbocycles. The Morgan fingerprint density at radius 1 is 0.905 bits per heavy atom. The van der Waals surface area contributed by atoms with Crippen molar-refractivity contribution < 1.29 is 24.2 Å². The molecule has 2 rings (SSSR count). The van der Waals surface area contributed by atoms with E-state index in [-0.39, 0.29) is 1.43 Å². The van der Waals surface area contributed by atoms with Gasteiger partial charge in [0, 0.05) is 0 Å². The molecule has 2 aliphatic rings. The fraction of sp³-hybridized carbons (Fsp3) is 0.550. The van der Waals surface area contributed by atoms with Crippen molar-refractivity contribution in [2.45, 2.75) is 68.7 Å². The third-order valence-corrected chi connectivity index (χ3v) is 10.7. The van der Waals surface area contributed by atoms with Gasteiger partial charge in [-0.25, -0.2) is 0 Å². The molecule has 0 aliphatic heterocycles. The van der Waals surface area contributed by atoms with Crippen molar-refractivity contribution in [1.82, 2.24) is 0 Å². The molecular weight excluding hydrogens is 331 g/mol. The minimum Gasteiger partial charge on any atom is -1.00 e. The van der Waals surface area contributed by atoms with Gasteiger partial charge in [0.15, 0.2) is 0 Å². The number of hydrogen-bond acceptors (Lipinski definition) is 0. The standard InChI is InChI=1S/C10H15.C10H14.Zr.H/c1-7-6-10(4,5)9(3)8(7)2;1-5-10-6-7(2)8(3)9(10)4;;/h1-5H3;6H2,1-4H3;;/q;;+1;-1. The first-order valence-corrected chi connectivity index (χ1v) is 10.4. The van der Waals surface area contributed by atoms with Crippen molar-refractivity contribution in [2.24, 2.45) is 5.41 Å². The Kier molecular flexibility index (Phi) is 4.66. The molecule has 0 fully saturated rings. The average Bonchev–Trinajstić information content (AvgIpc) is 2.75. The topological polar surface area (TPSA) is 0 Å². The van der Waals surface area contributed by atoms with Gasteiger partial charge in [-0.05, 0) is 0 Å². The smallest absolute Gasteiger partial charge is 1.00 e. The van der Waals surface area contributed by atoms with Crippen molar-refractivity contribution in [3.05, 3.63) is 42.3 Å². The first kappa shape index (κ1) is 17.1. The van der Waals surface area contributed by atoms with Crippen LogP contribution in [0.4, 0.5) is 0 Å². The van der Waals surface area contributed by atoms with Crippen molar-refractivity contribution in [3.8, 4) is 0 Å². The summed E-state index contributed by atoms with van der Waals surface area (Å²) in [6.07, 6.45) is 1.20. The fourth-order valence-electron chi connectivity index (χ4n) is 3.60. The van der Waals surface area contributed by atoms with Crippen LogP contribution in [0.3, 0.4) is 0 Å². The maximum atomic E-state index is 2.43. The van der Waals surface area contributed by atoms with Crippen LogP contribution in [0.15, 0.2) is 42.3 Å². The number of hydrogen-bond donors (Lipinski definition) is 0. The first-order valence-electron chi connectivity index (χ1n) is 7.96. The molecule has 0 amide bonds. The van der Waals surface area contributed by atoms with E-state index in [1.165, 1.54) is 12.0 Å². The van der Waals surface area contributed by atoms with Crippen LogP contribution in [0, 0.1) is 5.41 Å². The van der Waals surface area contributed by atoms with Crippen molar-refractivity contribution in [1.29, 1.82) is 0 Å². The molecule has 0 atom stereocenters. The van der Waals surface area contributed by atoms with E-state index >= 15 is 0 Å². The quantitative estimate of drug-likeness (QED) is 0.559. The van der Waals surface area contributed by atoms with E-state index in [2.05, 4.69) is 62.3 Å². The van der Waals surface area contributed by atoms with Gasteiger partial charge in [0.25, 0.3) is 0 Å². The third kappa shape index (κ3) is 2.72. The second-order valence-corrected chi connectivity index (χ2v) is 11.0. The molecule has 0 aromatic heterocycles. The second kappa shape index (κ2) is 5.73. The van der Waals surface area contributed by atoms with E-state index < -0.39 is 22.8 Å². The van der Waals surface area contributed by atoms with Crippen LogP contribution in [0.25, 0.3) is 0 Å². The molecule has 0 saturated heterocycles. The third-order valence-electron chi connectivity index (χ3n) is 5.92. The van der Waals surface area contributed by atoms with E-state index in [0.29, 0.717) is 5.41 Å². The summed E-state index contributed by atoms with van der Waals surface area (Å²) in [5.74, 6) is 0. The van der Waals surface area contributed by atoms with Crippen LogP contribution in [0.2, 0.25) is 0 Å². The van der Waals surface area contributed by atoms with E-state index in [1.807, 2.05) is 0 Å². The molecule has 0 N–H and O–H groups in total. The zero-order valence-corrected chi connectivity index (χ0v) is 17.7. The van der Waals surface area contributed by atoms with Crippen LogP contribution in [-0.4, -0.2) is 3.21 Å². The minimum atomic E-state index is -0.668. The van der Waals surface area contributed by atoms with Crippen molar-refractivity contribution in [3.63, 3.8) is 0 Å². The van der Waals surface area contributed by atoms with E-state index in [0.717, 1.165) is 0 Å². The molecule has 1 heteroatoms. The monoisotopic (exact) mass is 360 g/mol. The predicted octanol–water partition coefficient (Wildman–Crippen LogP) is 6.08. The van der Waals surface area contributed by atoms with Gasteiger partial charge in [-0.1, -0.05) is 0 Å². The maximum absolute atomic E-state index is 2.43. The van der Waals surface area contributed by atoms with Gasteiger partial charge >= 0.3 is 142 Å². The molecule has 0 radical (unpaired) electrons. The van der Waals surface area contributed by atoms with E-state index in [1.54, 1.807) is 39.9 Å². The first-order chi connectivity index (χ1) is 9.59. The maximum Gasteiger partial charge on any atom is -1.00 e. The zero-order chi connectivity index (χ0) is 16.1. The Bertz CT molecular complexity index is 664. The summed E-state index contributed by atoms with van der Waals surface area (Å²) in [4.78, 5) is 0. The fourth-order valence-corrected chi connectivity index (χ4v) is 7.72. The number of allylic oxidation sites excluding steroid dienone is 8. The molecule has 0 nitrogen and oxygen atoms in total. The molecular formula is C20H30Zr. The molecule has 0 aromatic rings. The van der Waals surface area contributed by atoms with Gasteiger partial charge in [-0.2, -0.15) is 0 Å². The Balaban J connectivity index is 0.00000242. The summed E-state index contributed by atoms with van der Waals surface area (Å²) in [7, 11) is 0. The van der Waals surface area contributed by atoms with Gasteiger partial charge in [0.1, 0.15) is 0 Å². The normalized spacial score (nSPS) is 22.8. The van der Waals surface area contributed by atoms with Crippen molar-refractivity contribution >= 4 is 3.21 Å². The van der Waals surface area contributed by atoms with Crippen LogP contribution < -0.4 is 0 Å². The summed E-state index contributed by atoms with van der Waals surface area (Å²) in [6, 6.07) is 0. The molecule has 2 aliphatic carbocycles. The summed E-state index contributed by atoms with van der Waals surface area (Å²) < 4.78 is 3.53. The molecule has 0 unspecified atom stereocenters. The van der Waals surface area contributed by atoms with Gasteiger partial charge in [-0.3, -0.25) is 0 Å². The summed E-state index contributed by atoms with van der Waals surface area (Å²) in [5.41, 5.74) is 11.4. The Hall–Kier alpha value is -0.287. The Morgan fingerprint density at radius 2 is 1.48 bits per heavy atom. The van der Waals surface area contributed by atoms with Gasteiger partial charge < -0.3 is 1.43 Å². The van der Waals surface area contributed by atoms with Crippen molar-refractivity contribution in [2.75, 3.05) is 0 Å². The largest absolute Gasteiger partial charge is 1.00 e. The Labute approximate surface area is 143 Å². The second-order valence-electron chi connectivity index (χ2n) is 7.31. The predicted molar refractivity (Wildman–Crippen MR) is 92.3 cm³/mol. The molecule has 0 saturated carbocycles. The van der Waals surface area contributed by atoms with Crippen LogP contribution in [0.1, 0.15) is 70.2 Å². The summed E-state index contributed by atoms with van der Waals surface area (Å²) in [6.45, 7) is 21.2. The molecule has 0 bridgehead atoms. The molecule has 114 valence electrons. The summed E-state index contributed by atoms with van der Waals surface area (Å²) in [5, 5.41) is 0. The van der Waals surface area contributed by atoms with Gasteiger partial charge in [-0.15, -0.1) is 0 Å².